The van der Waals surface area contributed by atoms with Gasteiger partial charge in [-0.25, -0.2) is 9.59 Å². The highest BCUT2D eigenvalue weighted by molar-refractivity contribution is 6.03. The van der Waals surface area contributed by atoms with Crippen molar-refractivity contribution >= 4 is 11.9 Å². The second-order valence-corrected chi connectivity index (χ2v) is 8.18. The molecule has 1 aromatic rings. The molecule has 0 bridgehead atoms. The molecule has 4 heteroatoms. The molecule has 0 spiro atoms. The lowest BCUT2D eigenvalue weighted by atomic mass is 9.96. The van der Waals surface area contributed by atoms with Crippen molar-refractivity contribution in [3.8, 4) is 0 Å². The SMILES string of the molecule is CCCCCCCCCCCCCOC(=O)c1ccccc1C(=O)OC1CCC1. The van der Waals surface area contributed by atoms with Crippen LogP contribution in [0, 0.1) is 0 Å². The van der Waals surface area contributed by atoms with Gasteiger partial charge in [0.15, 0.2) is 0 Å². The molecule has 0 aliphatic heterocycles. The Labute approximate surface area is 176 Å². The molecule has 4 nitrogen and oxygen atoms in total. The summed E-state index contributed by atoms with van der Waals surface area (Å²) in [4.78, 5) is 24.7. The van der Waals surface area contributed by atoms with Gasteiger partial charge in [0.05, 0.1) is 17.7 Å². The number of ether oxygens (including phenoxy) is 2. The smallest absolute Gasteiger partial charge is 0.339 e. The first-order chi connectivity index (χ1) is 14.2. The van der Waals surface area contributed by atoms with Gasteiger partial charge < -0.3 is 9.47 Å². The third-order valence-corrected chi connectivity index (χ3v) is 5.67. The van der Waals surface area contributed by atoms with Crippen LogP contribution in [0.1, 0.15) is 118 Å². The van der Waals surface area contributed by atoms with Gasteiger partial charge in [-0.15, -0.1) is 0 Å². The Bertz CT molecular complexity index is 607. The van der Waals surface area contributed by atoms with E-state index in [-0.39, 0.29) is 6.10 Å². The highest BCUT2D eigenvalue weighted by Gasteiger charge is 2.25. The van der Waals surface area contributed by atoms with Gasteiger partial charge in [0.1, 0.15) is 6.10 Å². The highest BCUT2D eigenvalue weighted by atomic mass is 16.5. The average molecular weight is 403 g/mol. The number of carbonyl (C=O) groups is 2. The van der Waals surface area contributed by atoms with Gasteiger partial charge in [0, 0.05) is 0 Å². The van der Waals surface area contributed by atoms with Gasteiger partial charge in [-0.05, 0) is 37.8 Å². The molecule has 0 heterocycles. The number of esters is 2. The zero-order valence-corrected chi connectivity index (χ0v) is 18.1. The van der Waals surface area contributed by atoms with Gasteiger partial charge in [0.25, 0.3) is 0 Å². The fraction of sp³-hybridized carbons (Fsp3) is 0.680. The summed E-state index contributed by atoms with van der Waals surface area (Å²) in [7, 11) is 0. The Hall–Kier alpha value is -1.84. The Kier molecular flexibility index (Phi) is 11.5. The molecule has 0 N–H and O–H groups in total. The molecule has 0 aromatic heterocycles. The minimum atomic E-state index is -0.432. The predicted octanol–water partition coefficient (Wildman–Crippen LogP) is 6.86. The number of unbranched alkanes of at least 4 members (excludes halogenated alkanes) is 10. The van der Waals surface area contributed by atoms with E-state index in [0.717, 1.165) is 32.1 Å². The fourth-order valence-electron chi connectivity index (χ4n) is 3.55. The molecule has 2 rings (SSSR count). The van der Waals surface area contributed by atoms with Gasteiger partial charge >= 0.3 is 11.9 Å². The lowest BCUT2D eigenvalue weighted by molar-refractivity contribution is 0.00849. The van der Waals surface area contributed by atoms with Crippen LogP contribution in [0.5, 0.6) is 0 Å². The maximum atomic E-state index is 12.4. The molecule has 0 atom stereocenters. The topological polar surface area (TPSA) is 52.6 Å². The van der Waals surface area contributed by atoms with Crippen LogP contribution in [0.4, 0.5) is 0 Å². The minimum Gasteiger partial charge on any atom is -0.462 e. The van der Waals surface area contributed by atoms with Crippen LogP contribution in [0.25, 0.3) is 0 Å². The average Bonchev–Trinajstić information content (AvgIpc) is 2.71. The molecule has 1 aliphatic carbocycles. The van der Waals surface area contributed by atoms with Gasteiger partial charge in [-0.1, -0.05) is 83.3 Å². The first kappa shape index (κ1) is 23.4. The van der Waals surface area contributed by atoms with Crippen LogP contribution in [-0.2, 0) is 9.47 Å². The summed E-state index contributed by atoms with van der Waals surface area (Å²) in [6.07, 6.45) is 16.8. The Morgan fingerprint density at radius 2 is 1.31 bits per heavy atom. The molecule has 0 radical (unpaired) electrons. The summed E-state index contributed by atoms with van der Waals surface area (Å²) >= 11 is 0. The zero-order valence-electron chi connectivity index (χ0n) is 18.1. The van der Waals surface area contributed by atoms with Crippen molar-refractivity contribution in [2.75, 3.05) is 6.61 Å². The molecular formula is C25H38O4. The number of carbonyl (C=O) groups excluding carboxylic acids is 2. The van der Waals surface area contributed by atoms with E-state index in [0.29, 0.717) is 17.7 Å². The van der Waals surface area contributed by atoms with E-state index in [1.54, 1.807) is 24.3 Å². The van der Waals surface area contributed by atoms with Crippen molar-refractivity contribution in [1.82, 2.24) is 0 Å². The van der Waals surface area contributed by atoms with E-state index in [9.17, 15) is 9.59 Å². The van der Waals surface area contributed by atoms with Crippen molar-refractivity contribution in [2.24, 2.45) is 0 Å². The quantitative estimate of drug-likeness (QED) is 0.237. The Balaban J connectivity index is 1.57. The van der Waals surface area contributed by atoms with Crippen molar-refractivity contribution in [3.63, 3.8) is 0 Å². The molecule has 1 fully saturated rings. The number of rotatable bonds is 15. The molecule has 1 aliphatic rings. The number of hydrogen-bond donors (Lipinski definition) is 0. The minimum absolute atomic E-state index is 0.00270. The van der Waals surface area contributed by atoms with Crippen LogP contribution < -0.4 is 0 Å². The molecule has 0 unspecified atom stereocenters. The maximum Gasteiger partial charge on any atom is 0.339 e. The molecule has 1 aromatic carbocycles. The van der Waals surface area contributed by atoms with Crippen LogP contribution in [0.2, 0.25) is 0 Å². The molecule has 162 valence electrons. The highest BCUT2D eigenvalue weighted by Crippen LogP contribution is 2.24. The normalized spacial score (nSPS) is 13.7. The first-order valence-corrected chi connectivity index (χ1v) is 11.7. The maximum absolute atomic E-state index is 12.4. The van der Waals surface area contributed by atoms with E-state index in [2.05, 4.69) is 6.92 Å². The predicted molar refractivity (Wildman–Crippen MR) is 116 cm³/mol. The number of benzene rings is 1. The lowest BCUT2D eigenvalue weighted by Crippen LogP contribution is -2.26. The first-order valence-electron chi connectivity index (χ1n) is 11.7. The Morgan fingerprint density at radius 3 is 1.83 bits per heavy atom. The van der Waals surface area contributed by atoms with Crippen LogP contribution in [0.3, 0.4) is 0 Å². The molecule has 29 heavy (non-hydrogen) atoms. The molecule has 0 amide bonds. The van der Waals surface area contributed by atoms with Crippen molar-refractivity contribution in [2.45, 2.75) is 103 Å². The van der Waals surface area contributed by atoms with Gasteiger partial charge in [-0.2, -0.15) is 0 Å². The summed E-state index contributed by atoms with van der Waals surface area (Å²) in [5, 5.41) is 0. The summed E-state index contributed by atoms with van der Waals surface area (Å²) in [6, 6.07) is 6.77. The van der Waals surface area contributed by atoms with E-state index in [1.807, 2.05) is 0 Å². The third-order valence-electron chi connectivity index (χ3n) is 5.67. The second kappa shape index (κ2) is 14.2. The van der Waals surface area contributed by atoms with Crippen molar-refractivity contribution in [1.29, 1.82) is 0 Å². The monoisotopic (exact) mass is 402 g/mol. The van der Waals surface area contributed by atoms with E-state index in [4.69, 9.17) is 9.47 Å². The Morgan fingerprint density at radius 1 is 0.793 bits per heavy atom. The number of hydrogen-bond acceptors (Lipinski definition) is 4. The molecule has 0 saturated heterocycles. The summed E-state index contributed by atoms with van der Waals surface area (Å²) < 4.78 is 10.8. The standard InChI is InChI=1S/C25H38O4/c1-2-3-4-5-6-7-8-9-10-11-14-20-28-24(26)22-18-12-13-19-23(22)25(27)29-21-16-15-17-21/h12-13,18-19,21H,2-11,14-17,20H2,1H3. The van der Waals surface area contributed by atoms with Crippen LogP contribution in [-0.4, -0.2) is 24.6 Å². The summed E-state index contributed by atoms with van der Waals surface area (Å²) in [5.74, 6) is -0.852. The van der Waals surface area contributed by atoms with Gasteiger partial charge in [-0.3, -0.25) is 0 Å². The largest absolute Gasteiger partial charge is 0.462 e. The third kappa shape index (κ3) is 9.01. The molecular weight excluding hydrogens is 364 g/mol. The fourth-order valence-corrected chi connectivity index (χ4v) is 3.55. The summed E-state index contributed by atoms with van der Waals surface area (Å²) in [5.41, 5.74) is 0.614. The van der Waals surface area contributed by atoms with E-state index >= 15 is 0 Å². The van der Waals surface area contributed by atoms with Crippen molar-refractivity contribution in [3.05, 3.63) is 35.4 Å². The van der Waals surface area contributed by atoms with Crippen LogP contribution >= 0.6 is 0 Å². The van der Waals surface area contributed by atoms with Gasteiger partial charge in [0.2, 0.25) is 0 Å². The van der Waals surface area contributed by atoms with E-state index < -0.39 is 11.9 Å². The van der Waals surface area contributed by atoms with Crippen LogP contribution in [0.15, 0.2) is 24.3 Å². The second-order valence-electron chi connectivity index (χ2n) is 8.18. The van der Waals surface area contributed by atoms with Crippen molar-refractivity contribution < 1.29 is 19.1 Å². The summed E-state index contributed by atoms with van der Waals surface area (Å²) in [6.45, 7) is 2.65. The molecule has 1 saturated carbocycles. The lowest BCUT2D eigenvalue weighted by Gasteiger charge is -2.25. The zero-order chi connectivity index (χ0) is 20.7. The van der Waals surface area contributed by atoms with E-state index in [1.165, 1.54) is 57.8 Å².